The van der Waals surface area contributed by atoms with Gasteiger partial charge in [0.25, 0.3) is 5.91 Å². The number of carbonyl (C=O) groups excluding carboxylic acids is 2. The number of anilines is 1. The van der Waals surface area contributed by atoms with Crippen LogP contribution in [0, 0.1) is 17.2 Å². The first-order chi connectivity index (χ1) is 17.5. The first kappa shape index (κ1) is 23.4. The van der Waals surface area contributed by atoms with Gasteiger partial charge in [0.1, 0.15) is 17.6 Å². The summed E-state index contributed by atoms with van der Waals surface area (Å²) in [6, 6.07) is 8.73. The van der Waals surface area contributed by atoms with E-state index in [9.17, 15) is 14.7 Å². The van der Waals surface area contributed by atoms with Gasteiger partial charge in [0, 0.05) is 57.4 Å². The molecule has 0 radical (unpaired) electrons. The van der Waals surface area contributed by atoms with Crippen molar-refractivity contribution in [2.45, 2.75) is 13.0 Å². The van der Waals surface area contributed by atoms with E-state index in [0.29, 0.717) is 34.5 Å². The van der Waals surface area contributed by atoms with Gasteiger partial charge >= 0.3 is 0 Å². The van der Waals surface area contributed by atoms with Crippen molar-refractivity contribution in [3.63, 3.8) is 0 Å². The molecule has 3 aromatic heterocycles. The molecule has 5 heterocycles. The van der Waals surface area contributed by atoms with Crippen molar-refractivity contribution in [3.8, 4) is 11.8 Å². The minimum absolute atomic E-state index is 0.0514. The van der Waals surface area contributed by atoms with Gasteiger partial charge in [-0.05, 0) is 30.2 Å². The standard InChI is InChI=1S/C25H26N8O3/c26-11-18-2-1-16(12-28-18)13-30-24(35)22-23(34)19-3-4-21(31-20(19)14-29-22)33-8-5-17(15-33)25(36)32-9-6-27-7-10-32/h1-4,12,14,17,27,34H,5-10,13,15H2,(H,30,35)/t17-/m0/s1. The molecule has 184 valence electrons. The van der Waals surface area contributed by atoms with E-state index in [1.807, 2.05) is 11.0 Å². The normalized spacial score (nSPS) is 17.7. The molecule has 3 aromatic rings. The van der Waals surface area contributed by atoms with Crippen LogP contribution in [0.2, 0.25) is 0 Å². The van der Waals surface area contributed by atoms with E-state index in [-0.39, 0.29) is 29.8 Å². The Balaban J connectivity index is 1.26. The first-order valence-electron chi connectivity index (χ1n) is 11.9. The van der Waals surface area contributed by atoms with Gasteiger partial charge in [-0.3, -0.25) is 9.59 Å². The lowest BCUT2D eigenvalue weighted by Crippen LogP contribution is -2.48. The number of nitrogens with zero attached hydrogens (tertiary/aromatic N) is 6. The number of fused-ring (bicyclic) bond motifs is 1. The van der Waals surface area contributed by atoms with Crippen LogP contribution in [0.25, 0.3) is 10.9 Å². The van der Waals surface area contributed by atoms with Crippen LogP contribution in [0.1, 0.15) is 28.2 Å². The number of rotatable bonds is 5. The summed E-state index contributed by atoms with van der Waals surface area (Å²) in [6.45, 7) is 4.66. The number of aromatic nitrogens is 3. The zero-order valence-electron chi connectivity index (χ0n) is 19.6. The molecule has 2 aliphatic rings. The lowest BCUT2D eigenvalue weighted by atomic mass is 10.1. The van der Waals surface area contributed by atoms with Crippen molar-refractivity contribution >= 4 is 28.5 Å². The van der Waals surface area contributed by atoms with Crippen molar-refractivity contribution in [2.75, 3.05) is 44.2 Å². The molecular weight excluding hydrogens is 460 g/mol. The monoisotopic (exact) mass is 486 g/mol. The average molecular weight is 487 g/mol. The Morgan fingerprint density at radius 1 is 1.14 bits per heavy atom. The minimum atomic E-state index is -0.531. The second-order valence-corrected chi connectivity index (χ2v) is 8.91. The lowest BCUT2D eigenvalue weighted by Gasteiger charge is -2.29. The fraction of sp³-hybridized carbons (Fsp3) is 0.360. The van der Waals surface area contributed by atoms with E-state index in [0.717, 1.165) is 39.1 Å². The molecule has 2 aliphatic heterocycles. The quantitative estimate of drug-likeness (QED) is 0.476. The van der Waals surface area contributed by atoms with E-state index < -0.39 is 5.91 Å². The SMILES string of the molecule is N#Cc1ccc(CNC(=O)c2ncc3nc(N4CC[C@H](C(=O)N5CCNCC5)C4)ccc3c2O)cn1. The molecular formula is C25H26N8O3. The third-order valence-electron chi connectivity index (χ3n) is 6.60. The van der Waals surface area contributed by atoms with E-state index in [2.05, 4.69) is 30.5 Å². The molecule has 2 amide bonds. The van der Waals surface area contributed by atoms with E-state index in [1.165, 1.54) is 12.4 Å². The molecule has 0 saturated carbocycles. The third kappa shape index (κ3) is 4.76. The number of nitriles is 1. The van der Waals surface area contributed by atoms with Gasteiger partial charge in [0.15, 0.2) is 11.4 Å². The molecule has 0 spiro atoms. The fourth-order valence-electron chi connectivity index (χ4n) is 4.59. The van der Waals surface area contributed by atoms with Gasteiger partial charge in [0.2, 0.25) is 5.91 Å². The molecule has 5 rings (SSSR count). The second-order valence-electron chi connectivity index (χ2n) is 8.91. The van der Waals surface area contributed by atoms with Gasteiger partial charge < -0.3 is 25.5 Å². The Morgan fingerprint density at radius 2 is 1.97 bits per heavy atom. The first-order valence-corrected chi connectivity index (χ1v) is 11.9. The Labute approximate surface area is 207 Å². The summed E-state index contributed by atoms with van der Waals surface area (Å²) in [5.74, 6) is 0.0905. The van der Waals surface area contributed by atoms with E-state index in [4.69, 9.17) is 5.26 Å². The van der Waals surface area contributed by atoms with Gasteiger partial charge in [-0.15, -0.1) is 0 Å². The zero-order chi connectivity index (χ0) is 25.1. The highest BCUT2D eigenvalue weighted by Gasteiger charge is 2.32. The molecule has 2 fully saturated rings. The minimum Gasteiger partial charge on any atom is -0.505 e. The number of nitrogens with one attached hydrogen (secondary N) is 2. The van der Waals surface area contributed by atoms with Gasteiger partial charge in [0.05, 0.1) is 17.6 Å². The summed E-state index contributed by atoms with van der Waals surface area (Å²) in [7, 11) is 0. The summed E-state index contributed by atoms with van der Waals surface area (Å²) in [5, 5.41) is 25.9. The van der Waals surface area contributed by atoms with Gasteiger partial charge in [-0.25, -0.2) is 15.0 Å². The largest absolute Gasteiger partial charge is 0.505 e. The lowest BCUT2D eigenvalue weighted by molar-refractivity contribution is -0.135. The topological polar surface area (TPSA) is 147 Å². The Hall–Kier alpha value is -4.30. The van der Waals surface area contributed by atoms with Crippen LogP contribution in [-0.4, -0.2) is 76.0 Å². The predicted molar refractivity (Wildman–Crippen MR) is 131 cm³/mol. The number of pyridine rings is 3. The molecule has 0 aromatic carbocycles. The maximum atomic E-state index is 12.9. The van der Waals surface area contributed by atoms with Crippen molar-refractivity contribution < 1.29 is 14.7 Å². The van der Waals surface area contributed by atoms with E-state index >= 15 is 0 Å². The zero-order valence-corrected chi connectivity index (χ0v) is 19.6. The predicted octanol–water partition coefficient (Wildman–Crippen LogP) is 0.790. The van der Waals surface area contributed by atoms with Crippen LogP contribution in [-0.2, 0) is 11.3 Å². The molecule has 0 bridgehead atoms. The molecule has 3 N–H and O–H groups in total. The van der Waals surface area contributed by atoms with Crippen LogP contribution < -0.4 is 15.5 Å². The highest BCUT2D eigenvalue weighted by molar-refractivity contribution is 6.00. The third-order valence-corrected chi connectivity index (χ3v) is 6.60. The Morgan fingerprint density at radius 3 is 2.72 bits per heavy atom. The number of amides is 2. The Kier molecular flexibility index (Phi) is 6.60. The second kappa shape index (κ2) is 10.1. The van der Waals surface area contributed by atoms with E-state index in [1.54, 1.807) is 24.3 Å². The van der Waals surface area contributed by atoms with Crippen molar-refractivity contribution in [2.24, 2.45) is 5.92 Å². The number of aromatic hydroxyl groups is 1. The summed E-state index contributed by atoms with van der Waals surface area (Å²) in [6.07, 6.45) is 3.76. The van der Waals surface area contributed by atoms with Crippen LogP contribution >= 0.6 is 0 Å². The molecule has 11 nitrogen and oxygen atoms in total. The van der Waals surface area contributed by atoms with Crippen LogP contribution in [0.15, 0.2) is 36.7 Å². The fourth-order valence-corrected chi connectivity index (χ4v) is 4.59. The van der Waals surface area contributed by atoms with Crippen LogP contribution in [0.4, 0.5) is 5.82 Å². The number of piperazine rings is 1. The smallest absolute Gasteiger partial charge is 0.274 e. The summed E-state index contributed by atoms with van der Waals surface area (Å²) in [4.78, 5) is 42.3. The van der Waals surface area contributed by atoms with Crippen molar-refractivity contribution in [1.29, 1.82) is 5.26 Å². The summed E-state index contributed by atoms with van der Waals surface area (Å²) < 4.78 is 0. The summed E-state index contributed by atoms with van der Waals surface area (Å²) in [5.41, 5.74) is 1.38. The van der Waals surface area contributed by atoms with Crippen molar-refractivity contribution in [1.82, 2.24) is 30.5 Å². The summed E-state index contributed by atoms with van der Waals surface area (Å²) >= 11 is 0. The van der Waals surface area contributed by atoms with Gasteiger partial charge in [-0.2, -0.15) is 5.26 Å². The van der Waals surface area contributed by atoms with Crippen LogP contribution in [0.3, 0.4) is 0 Å². The molecule has 36 heavy (non-hydrogen) atoms. The Bertz CT molecular complexity index is 1330. The highest BCUT2D eigenvalue weighted by Crippen LogP contribution is 2.30. The molecule has 11 heteroatoms. The maximum absolute atomic E-state index is 12.9. The maximum Gasteiger partial charge on any atom is 0.274 e. The molecule has 1 atom stereocenters. The number of carbonyl (C=O) groups is 2. The molecule has 2 saturated heterocycles. The highest BCUT2D eigenvalue weighted by atomic mass is 16.3. The molecule has 0 unspecified atom stereocenters. The number of hydrogen-bond acceptors (Lipinski definition) is 9. The van der Waals surface area contributed by atoms with Gasteiger partial charge in [-0.1, -0.05) is 6.07 Å². The average Bonchev–Trinajstić information content (AvgIpc) is 3.42. The van der Waals surface area contributed by atoms with Crippen molar-refractivity contribution in [3.05, 3.63) is 53.6 Å². The van der Waals surface area contributed by atoms with Crippen LogP contribution in [0.5, 0.6) is 5.75 Å². The number of hydrogen-bond donors (Lipinski definition) is 3. The molecule has 0 aliphatic carbocycles.